The van der Waals surface area contributed by atoms with Crippen molar-refractivity contribution in [3.63, 3.8) is 0 Å². The number of ether oxygens (including phenoxy) is 2. The fraction of sp³-hybridized carbons (Fsp3) is 0.304. The second-order valence-electron chi connectivity index (χ2n) is 6.72. The van der Waals surface area contributed by atoms with Crippen molar-refractivity contribution < 1.29 is 14.8 Å². The molecule has 0 aliphatic carbocycles. The Kier molecular flexibility index (Phi) is 4.81. The van der Waals surface area contributed by atoms with Crippen LogP contribution in [-0.4, -0.2) is 19.8 Å². The molecule has 3 aromatic rings. The number of fused-ring (bicyclic) bond motifs is 2. The highest BCUT2D eigenvalue weighted by Crippen LogP contribution is 2.36. The predicted octanol–water partition coefficient (Wildman–Crippen LogP) is 3.85. The van der Waals surface area contributed by atoms with E-state index in [1.165, 1.54) is 27.5 Å². The van der Waals surface area contributed by atoms with Crippen molar-refractivity contribution in [2.75, 3.05) is 19.8 Å². The lowest BCUT2D eigenvalue weighted by atomic mass is 9.88. The van der Waals surface area contributed by atoms with E-state index in [0.717, 1.165) is 24.5 Å². The van der Waals surface area contributed by atoms with Crippen molar-refractivity contribution in [2.24, 2.45) is 0 Å². The number of quaternary nitrogens is 1. The van der Waals surface area contributed by atoms with Crippen LogP contribution in [0.5, 0.6) is 11.5 Å². The third kappa shape index (κ3) is 3.15. The Morgan fingerprint density at radius 2 is 1.62 bits per heavy atom. The average molecular weight is 348 g/mol. The molecule has 0 amide bonds. The first-order chi connectivity index (χ1) is 12.8. The summed E-state index contributed by atoms with van der Waals surface area (Å²) in [5.74, 6) is 1.72. The van der Waals surface area contributed by atoms with E-state index in [1.807, 2.05) is 13.8 Å². The van der Waals surface area contributed by atoms with Crippen molar-refractivity contribution in [1.82, 2.24) is 0 Å². The Balaban J connectivity index is 1.78. The molecule has 0 radical (unpaired) electrons. The lowest BCUT2D eigenvalue weighted by molar-refractivity contribution is -0.690. The molecule has 1 atom stereocenters. The van der Waals surface area contributed by atoms with Gasteiger partial charge in [-0.3, -0.25) is 0 Å². The summed E-state index contributed by atoms with van der Waals surface area (Å²) in [7, 11) is 0. The first-order valence-corrected chi connectivity index (χ1v) is 9.54. The van der Waals surface area contributed by atoms with Crippen molar-refractivity contribution in [3.05, 3.63) is 71.3 Å². The zero-order chi connectivity index (χ0) is 17.9. The molecule has 0 saturated heterocycles. The zero-order valence-electron chi connectivity index (χ0n) is 15.5. The number of hydrogen-bond acceptors (Lipinski definition) is 2. The molecule has 1 aliphatic rings. The van der Waals surface area contributed by atoms with Crippen LogP contribution in [0.25, 0.3) is 10.8 Å². The van der Waals surface area contributed by atoms with Crippen LogP contribution >= 0.6 is 0 Å². The van der Waals surface area contributed by atoms with E-state index in [1.54, 1.807) is 0 Å². The Hall–Kier alpha value is -2.52. The molecule has 134 valence electrons. The second-order valence-corrected chi connectivity index (χ2v) is 6.72. The molecule has 1 aliphatic heterocycles. The van der Waals surface area contributed by atoms with Gasteiger partial charge in [0.2, 0.25) is 0 Å². The van der Waals surface area contributed by atoms with E-state index in [2.05, 4.69) is 59.9 Å². The SMILES string of the molecule is CCOc1cc2c(cc1OCC)[C@H](c1ccc3ccccc3c1)[NH2+]CC2. The fourth-order valence-corrected chi connectivity index (χ4v) is 3.91. The van der Waals surface area contributed by atoms with Crippen LogP contribution in [0, 0.1) is 0 Å². The van der Waals surface area contributed by atoms with Gasteiger partial charge in [-0.2, -0.15) is 0 Å². The molecular weight excluding hydrogens is 322 g/mol. The highest BCUT2D eigenvalue weighted by atomic mass is 16.5. The van der Waals surface area contributed by atoms with Gasteiger partial charge in [0.25, 0.3) is 0 Å². The highest BCUT2D eigenvalue weighted by molar-refractivity contribution is 5.83. The summed E-state index contributed by atoms with van der Waals surface area (Å²) in [5, 5.41) is 5.01. The smallest absolute Gasteiger partial charge is 0.161 e. The van der Waals surface area contributed by atoms with E-state index in [-0.39, 0.29) is 0 Å². The van der Waals surface area contributed by atoms with Gasteiger partial charge in [-0.05, 0) is 48.4 Å². The molecule has 3 aromatic carbocycles. The van der Waals surface area contributed by atoms with Gasteiger partial charge in [0.05, 0.1) is 19.8 Å². The summed E-state index contributed by atoms with van der Waals surface area (Å²) < 4.78 is 11.7. The van der Waals surface area contributed by atoms with E-state index in [9.17, 15) is 0 Å². The third-order valence-corrected chi connectivity index (χ3v) is 5.09. The van der Waals surface area contributed by atoms with Gasteiger partial charge in [0.15, 0.2) is 11.5 Å². The van der Waals surface area contributed by atoms with Crippen molar-refractivity contribution in [3.8, 4) is 11.5 Å². The molecule has 3 nitrogen and oxygen atoms in total. The van der Waals surface area contributed by atoms with E-state index in [4.69, 9.17) is 9.47 Å². The molecule has 0 fully saturated rings. The van der Waals surface area contributed by atoms with Crippen molar-refractivity contribution in [1.29, 1.82) is 0 Å². The minimum absolute atomic E-state index is 0.304. The van der Waals surface area contributed by atoms with E-state index < -0.39 is 0 Å². The summed E-state index contributed by atoms with van der Waals surface area (Å²) in [6.45, 7) is 6.41. The number of benzene rings is 3. The minimum Gasteiger partial charge on any atom is -0.490 e. The molecule has 0 unspecified atom stereocenters. The molecule has 4 rings (SSSR count). The fourth-order valence-electron chi connectivity index (χ4n) is 3.91. The zero-order valence-corrected chi connectivity index (χ0v) is 15.5. The lowest BCUT2D eigenvalue weighted by Crippen LogP contribution is -2.87. The van der Waals surface area contributed by atoms with Crippen LogP contribution in [0.2, 0.25) is 0 Å². The molecule has 0 bridgehead atoms. The van der Waals surface area contributed by atoms with Crippen LogP contribution in [-0.2, 0) is 6.42 Å². The van der Waals surface area contributed by atoms with Gasteiger partial charge in [-0.15, -0.1) is 0 Å². The maximum Gasteiger partial charge on any atom is 0.161 e. The van der Waals surface area contributed by atoms with Gasteiger partial charge in [-0.1, -0.05) is 36.4 Å². The molecular formula is C23H26NO2+. The topological polar surface area (TPSA) is 35.1 Å². The van der Waals surface area contributed by atoms with Crippen LogP contribution in [0.15, 0.2) is 54.6 Å². The Morgan fingerprint density at radius 1 is 0.885 bits per heavy atom. The molecule has 0 saturated carbocycles. The molecule has 1 heterocycles. The maximum absolute atomic E-state index is 5.87. The quantitative estimate of drug-likeness (QED) is 0.760. The Morgan fingerprint density at radius 3 is 2.38 bits per heavy atom. The molecule has 26 heavy (non-hydrogen) atoms. The van der Waals surface area contributed by atoms with Gasteiger partial charge < -0.3 is 14.8 Å². The predicted molar refractivity (Wildman–Crippen MR) is 105 cm³/mol. The Bertz CT molecular complexity index is 919. The second kappa shape index (κ2) is 7.38. The lowest BCUT2D eigenvalue weighted by Gasteiger charge is -2.26. The number of hydrogen-bond donors (Lipinski definition) is 1. The van der Waals surface area contributed by atoms with Crippen LogP contribution < -0.4 is 14.8 Å². The van der Waals surface area contributed by atoms with Crippen LogP contribution in [0.1, 0.15) is 36.6 Å². The third-order valence-electron chi connectivity index (χ3n) is 5.09. The van der Waals surface area contributed by atoms with Crippen molar-refractivity contribution in [2.45, 2.75) is 26.3 Å². The normalized spacial score (nSPS) is 16.3. The Labute approximate surface area is 154 Å². The summed E-state index contributed by atoms with van der Waals surface area (Å²) >= 11 is 0. The van der Waals surface area contributed by atoms with Gasteiger partial charge in [0.1, 0.15) is 6.04 Å². The summed E-state index contributed by atoms with van der Waals surface area (Å²) in [6, 6.07) is 20.0. The van der Waals surface area contributed by atoms with Crippen LogP contribution in [0.3, 0.4) is 0 Å². The van der Waals surface area contributed by atoms with E-state index in [0.29, 0.717) is 19.3 Å². The highest BCUT2D eigenvalue weighted by Gasteiger charge is 2.27. The monoisotopic (exact) mass is 348 g/mol. The minimum atomic E-state index is 0.304. The first kappa shape index (κ1) is 16.9. The standard InChI is InChI=1S/C23H25NO2/c1-3-25-21-14-18-11-12-24-23(20(18)15-22(21)26-4-2)19-10-9-16-7-5-6-8-17(16)13-19/h5-10,13-15,23-24H,3-4,11-12H2,1-2H3/p+1/t23-/m0/s1. The number of rotatable bonds is 5. The summed E-state index contributed by atoms with van der Waals surface area (Å²) in [5.41, 5.74) is 4.06. The average Bonchev–Trinajstić information content (AvgIpc) is 2.68. The largest absolute Gasteiger partial charge is 0.490 e. The summed E-state index contributed by atoms with van der Waals surface area (Å²) in [4.78, 5) is 0. The maximum atomic E-state index is 5.87. The molecule has 0 spiro atoms. The van der Waals surface area contributed by atoms with Gasteiger partial charge >= 0.3 is 0 Å². The van der Waals surface area contributed by atoms with Gasteiger partial charge in [0, 0.05) is 17.5 Å². The van der Waals surface area contributed by atoms with Crippen molar-refractivity contribution >= 4 is 10.8 Å². The molecule has 3 heteroatoms. The molecule has 0 aromatic heterocycles. The van der Waals surface area contributed by atoms with Crippen LogP contribution in [0.4, 0.5) is 0 Å². The van der Waals surface area contributed by atoms with Gasteiger partial charge in [-0.25, -0.2) is 0 Å². The van der Waals surface area contributed by atoms with E-state index >= 15 is 0 Å². The molecule has 2 N–H and O–H groups in total. The first-order valence-electron chi connectivity index (χ1n) is 9.54. The summed E-state index contributed by atoms with van der Waals surface area (Å²) in [6.07, 6.45) is 1.06. The number of nitrogens with two attached hydrogens (primary N) is 1.